The van der Waals surface area contributed by atoms with Gasteiger partial charge < -0.3 is 19.9 Å². The second-order valence-electron chi connectivity index (χ2n) is 7.17. The molecule has 6 nitrogen and oxygen atoms in total. The van der Waals surface area contributed by atoms with Crippen LogP contribution >= 0.6 is 15.9 Å². The molecule has 0 saturated carbocycles. The maximum atomic E-state index is 12.8. The van der Waals surface area contributed by atoms with Crippen LogP contribution in [0.15, 0.2) is 71.3 Å². The predicted molar refractivity (Wildman–Crippen MR) is 120 cm³/mol. The van der Waals surface area contributed by atoms with Crippen molar-refractivity contribution in [2.45, 2.75) is 13.0 Å². The summed E-state index contributed by atoms with van der Waals surface area (Å²) in [5.41, 5.74) is 4.17. The van der Waals surface area contributed by atoms with Crippen LogP contribution in [0.3, 0.4) is 0 Å². The molecular formula is C23H19BrN4O2. The summed E-state index contributed by atoms with van der Waals surface area (Å²) in [7, 11) is 0. The number of carbonyl (C=O) groups is 1. The van der Waals surface area contributed by atoms with Gasteiger partial charge in [0.2, 0.25) is 5.88 Å². The first-order chi connectivity index (χ1) is 14.7. The van der Waals surface area contributed by atoms with Crippen LogP contribution in [-0.4, -0.2) is 27.4 Å². The van der Waals surface area contributed by atoms with Crippen molar-refractivity contribution in [1.29, 1.82) is 0 Å². The Morgan fingerprint density at radius 2 is 2.03 bits per heavy atom. The number of carbonyl (C=O) groups excluding carboxylic acids is 1. The maximum Gasteiger partial charge on any atom is 0.322 e. The van der Waals surface area contributed by atoms with Crippen molar-refractivity contribution in [2.24, 2.45) is 0 Å². The van der Waals surface area contributed by atoms with E-state index >= 15 is 0 Å². The van der Waals surface area contributed by atoms with E-state index in [1.807, 2.05) is 41.3 Å². The number of ether oxygens (including phenoxy) is 1. The van der Waals surface area contributed by atoms with E-state index in [4.69, 9.17) is 4.74 Å². The molecule has 0 atom stereocenters. The predicted octanol–water partition coefficient (Wildman–Crippen LogP) is 5.71. The lowest BCUT2D eigenvalue weighted by Gasteiger charge is -2.27. The van der Waals surface area contributed by atoms with Gasteiger partial charge in [-0.1, -0.05) is 40.2 Å². The van der Waals surface area contributed by atoms with Crippen molar-refractivity contribution in [3.63, 3.8) is 0 Å². The Morgan fingerprint density at radius 1 is 1.13 bits per heavy atom. The van der Waals surface area contributed by atoms with E-state index in [0.29, 0.717) is 30.4 Å². The molecule has 1 aliphatic heterocycles. The summed E-state index contributed by atoms with van der Waals surface area (Å²) in [6, 6.07) is 19.2. The molecule has 3 heterocycles. The Bertz CT molecular complexity index is 1220. The van der Waals surface area contributed by atoms with Gasteiger partial charge in [-0.05, 0) is 30.3 Å². The Morgan fingerprint density at radius 3 is 2.87 bits per heavy atom. The van der Waals surface area contributed by atoms with Gasteiger partial charge in [-0.15, -0.1) is 0 Å². The zero-order valence-corrected chi connectivity index (χ0v) is 17.6. The van der Waals surface area contributed by atoms with E-state index in [-0.39, 0.29) is 6.03 Å². The summed E-state index contributed by atoms with van der Waals surface area (Å²) in [4.78, 5) is 22.4. The Kier molecular flexibility index (Phi) is 4.88. The molecule has 2 N–H and O–H groups in total. The van der Waals surface area contributed by atoms with Crippen molar-refractivity contribution in [3.8, 4) is 11.6 Å². The van der Waals surface area contributed by atoms with E-state index in [0.717, 1.165) is 16.4 Å². The zero-order chi connectivity index (χ0) is 20.5. The topological polar surface area (TPSA) is 70.2 Å². The Labute approximate surface area is 182 Å². The number of halogens is 1. The molecule has 150 valence electrons. The fourth-order valence-corrected chi connectivity index (χ4v) is 4.09. The number of urea groups is 1. The molecule has 0 spiro atoms. The number of para-hydroxylation sites is 1. The lowest BCUT2D eigenvalue weighted by molar-refractivity contribution is 0.206. The molecule has 0 saturated heterocycles. The fourth-order valence-electron chi connectivity index (χ4n) is 3.71. The van der Waals surface area contributed by atoms with Gasteiger partial charge in [0.15, 0.2) is 0 Å². The molecule has 2 aromatic heterocycles. The highest BCUT2D eigenvalue weighted by atomic mass is 79.9. The summed E-state index contributed by atoms with van der Waals surface area (Å²) in [5, 5.41) is 4.12. The molecule has 0 fully saturated rings. The van der Waals surface area contributed by atoms with Crippen molar-refractivity contribution >= 4 is 38.6 Å². The van der Waals surface area contributed by atoms with Gasteiger partial charge in [0.1, 0.15) is 5.75 Å². The SMILES string of the molecule is O=C(Nc1ccc(Oc2cccc(Br)c2)nc1)N1CCc2[nH]c3ccccc3c2C1. The standard InChI is InChI=1S/C23H19BrN4O2/c24-15-4-3-5-17(12-15)30-22-9-8-16(13-25-22)26-23(29)28-11-10-21-19(14-28)18-6-1-2-7-20(18)27-21/h1-9,12-13,27H,10-11,14H2,(H,26,29). The van der Waals surface area contributed by atoms with E-state index < -0.39 is 0 Å². The van der Waals surface area contributed by atoms with Crippen LogP contribution in [0.5, 0.6) is 11.6 Å². The molecule has 5 rings (SSSR count). The average molecular weight is 463 g/mol. The molecular weight excluding hydrogens is 444 g/mol. The number of anilines is 1. The van der Waals surface area contributed by atoms with Crippen molar-refractivity contribution in [3.05, 3.63) is 82.6 Å². The number of rotatable bonds is 3. The van der Waals surface area contributed by atoms with Crippen LogP contribution in [-0.2, 0) is 13.0 Å². The number of nitrogens with zero attached hydrogens (tertiary/aromatic N) is 2. The maximum absolute atomic E-state index is 12.8. The first-order valence-electron chi connectivity index (χ1n) is 9.69. The third-order valence-corrected chi connectivity index (χ3v) is 5.67. The van der Waals surface area contributed by atoms with Crippen LogP contribution in [0.4, 0.5) is 10.5 Å². The number of fused-ring (bicyclic) bond motifs is 3. The molecule has 7 heteroatoms. The number of hydrogen-bond donors (Lipinski definition) is 2. The van der Waals surface area contributed by atoms with Gasteiger partial charge >= 0.3 is 6.03 Å². The number of amides is 2. The van der Waals surface area contributed by atoms with Crippen LogP contribution in [0.25, 0.3) is 10.9 Å². The van der Waals surface area contributed by atoms with Crippen LogP contribution in [0, 0.1) is 0 Å². The van der Waals surface area contributed by atoms with Gasteiger partial charge in [0.25, 0.3) is 0 Å². The number of benzene rings is 2. The Hall–Kier alpha value is -3.32. The number of pyridine rings is 1. The van der Waals surface area contributed by atoms with Gasteiger partial charge in [-0.3, -0.25) is 0 Å². The second kappa shape index (κ2) is 7.84. The first-order valence-corrected chi connectivity index (χ1v) is 10.5. The number of aromatic nitrogens is 2. The van der Waals surface area contributed by atoms with E-state index in [2.05, 4.69) is 43.3 Å². The third kappa shape index (κ3) is 3.76. The highest BCUT2D eigenvalue weighted by Crippen LogP contribution is 2.28. The fraction of sp³-hybridized carbons (Fsp3) is 0.130. The number of aromatic amines is 1. The van der Waals surface area contributed by atoms with E-state index in [1.165, 1.54) is 16.6 Å². The minimum Gasteiger partial charge on any atom is -0.439 e. The van der Waals surface area contributed by atoms with Crippen LogP contribution in [0.2, 0.25) is 0 Å². The molecule has 1 aliphatic rings. The normalized spacial score (nSPS) is 13.2. The van der Waals surface area contributed by atoms with E-state index in [9.17, 15) is 4.79 Å². The molecule has 0 radical (unpaired) electrons. The van der Waals surface area contributed by atoms with Crippen molar-refractivity contribution in [1.82, 2.24) is 14.9 Å². The summed E-state index contributed by atoms with van der Waals surface area (Å²) < 4.78 is 6.67. The minimum absolute atomic E-state index is 0.131. The Balaban J connectivity index is 1.25. The number of H-pyrrole nitrogens is 1. The smallest absolute Gasteiger partial charge is 0.322 e. The zero-order valence-electron chi connectivity index (χ0n) is 16.1. The van der Waals surface area contributed by atoms with Gasteiger partial charge in [0, 0.05) is 52.2 Å². The van der Waals surface area contributed by atoms with E-state index in [1.54, 1.807) is 18.3 Å². The molecule has 2 aromatic carbocycles. The minimum atomic E-state index is -0.131. The van der Waals surface area contributed by atoms with Crippen molar-refractivity contribution in [2.75, 3.05) is 11.9 Å². The lowest BCUT2D eigenvalue weighted by atomic mass is 10.0. The number of nitrogens with one attached hydrogen (secondary N) is 2. The second-order valence-corrected chi connectivity index (χ2v) is 8.09. The quantitative estimate of drug-likeness (QED) is 0.409. The molecule has 4 aromatic rings. The highest BCUT2D eigenvalue weighted by molar-refractivity contribution is 9.10. The molecule has 0 aliphatic carbocycles. The summed E-state index contributed by atoms with van der Waals surface area (Å²) >= 11 is 3.42. The van der Waals surface area contributed by atoms with Crippen molar-refractivity contribution < 1.29 is 9.53 Å². The van der Waals surface area contributed by atoms with Crippen LogP contribution < -0.4 is 10.1 Å². The summed E-state index contributed by atoms with van der Waals surface area (Å²) in [6.45, 7) is 1.26. The largest absolute Gasteiger partial charge is 0.439 e. The summed E-state index contributed by atoms with van der Waals surface area (Å²) in [6.07, 6.45) is 2.42. The molecule has 0 unspecified atom stereocenters. The first kappa shape index (κ1) is 18.7. The molecule has 0 bridgehead atoms. The van der Waals surface area contributed by atoms with Gasteiger partial charge in [-0.2, -0.15) is 0 Å². The molecule has 30 heavy (non-hydrogen) atoms. The van der Waals surface area contributed by atoms with Crippen LogP contribution in [0.1, 0.15) is 11.3 Å². The molecule has 2 amide bonds. The lowest BCUT2D eigenvalue weighted by Crippen LogP contribution is -2.38. The van der Waals surface area contributed by atoms with Gasteiger partial charge in [0.05, 0.1) is 11.9 Å². The average Bonchev–Trinajstić information content (AvgIpc) is 3.13. The number of hydrogen-bond acceptors (Lipinski definition) is 3. The summed E-state index contributed by atoms with van der Waals surface area (Å²) in [5.74, 6) is 1.16. The monoisotopic (exact) mass is 462 g/mol. The highest BCUT2D eigenvalue weighted by Gasteiger charge is 2.24. The van der Waals surface area contributed by atoms with Gasteiger partial charge in [-0.25, -0.2) is 9.78 Å². The third-order valence-electron chi connectivity index (χ3n) is 5.18.